The summed E-state index contributed by atoms with van der Waals surface area (Å²) < 4.78 is 20.6. The van der Waals surface area contributed by atoms with Crippen LogP contribution in [0.25, 0.3) is 33.7 Å². The van der Waals surface area contributed by atoms with Crippen molar-refractivity contribution < 1.29 is 13.7 Å². The van der Waals surface area contributed by atoms with E-state index in [4.69, 9.17) is 10.3 Å². The van der Waals surface area contributed by atoms with Crippen LogP contribution in [0.15, 0.2) is 47.1 Å². The lowest BCUT2D eigenvalue weighted by Gasteiger charge is -1.99. The van der Waals surface area contributed by atoms with E-state index in [9.17, 15) is 9.18 Å². The first kappa shape index (κ1) is 15.0. The number of hydrogen-bond donors (Lipinski definition) is 1. The van der Waals surface area contributed by atoms with Gasteiger partial charge in [0.15, 0.2) is 0 Å². The van der Waals surface area contributed by atoms with Crippen LogP contribution in [0, 0.1) is 5.82 Å². The van der Waals surface area contributed by atoms with Crippen LogP contribution in [0.1, 0.15) is 10.4 Å². The Kier molecular flexibility index (Phi) is 3.31. The van der Waals surface area contributed by atoms with Gasteiger partial charge in [-0.2, -0.15) is 10.1 Å². The normalized spacial score (nSPS) is 11.1. The number of aryl methyl sites for hydroxylation is 1. The Morgan fingerprint density at radius 2 is 2.04 bits per heavy atom. The van der Waals surface area contributed by atoms with Crippen LogP contribution in [0.5, 0.6) is 0 Å². The van der Waals surface area contributed by atoms with Crippen LogP contribution >= 0.6 is 0 Å². The first-order valence-corrected chi connectivity index (χ1v) is 7.38. The number of nitrogens with zero attached hydrogens (tertiary/aromatic N) is 4. The van der Waals surface area contributed by atoms with E-state index >= 15 is 0 Å². The number of hydrogen-bond acceptors (Lipinski definition) is 5. The van der Waals surface area contributed by atoms with Gasteiger partial charge in [0, 0.05) is 29.1 Å². The summed E-state index contributed by atoms with van der Waals surface area (Å²) in [7, 11) is 1.84. The van der Waals surface area contributed by atoms with Crippen molar-refractivity contribution in [3.8, 4) is 22.8 Å². The molecule has 0 spiro atoms. The van der Waals surface area contributed by atoms with Crippen LogP contribution in [0.2, 0.25) is 0 Å². The number of nitrogens with two attached hydrogens (primary N) is 1. The first-order chi connectivity index (χ1) is 12.0. The molecule has 0 bridgehead atoms. The maximum Gasteiger partial charge on any atom is 0.258 e. The molecule has 0 aliphatic carbocycles. The minimum absolute atomic E-state index is 0.0334. The molecule has 124 valence electrons. The molecule has 0 saturated heterocycles. The fraction of sp³-hybridized carbons (Fsp3) is 0.0588. The molecule has 0 saturated carbocycles. The lowest BCUT2D eigenvalue weighted by Crippen LogP contribution is -2.11. The molecular weight excluding hydrogens is 325 g/mol. The third-order valence-electron chi connectivity index (χ3n) is 3.86. The van der Waals surface area contributed by atoms with Gasteiger partial charge in [-0.25, -0.2) is 4.39 Å². The van der Waals surface area contributed by atoms with Crippen molar-refractivity contribution in [1.29, 1.82) is 0 Å². The molecule has 0 unspecified atom stereocenters. The van der Waals surface area contributed by atoms with Crippen LogP contribution in [0.4, 0.5) is 4.39 Å². The monoisotopic (exact) mass is 337 g/mol. The molecule has 4 aromatic rings. The van der Waals surface area contributed by atoms with Gasteiger partial charge in [0.2, 0.25) is 11.7 Å². The summed E-state index contributed by atoms with van der Waals surface area (Å²) in [6.45, 7) is 0. The summed E-state index contributed by atoms with van der Waals surface area (Å²) in [5.41, 5.74) is 7.18. The van der Waals surface area contributed by atoms with E-state index in [1.165, 1.54) is 12.1 Å². The average molecular weight is 337 g/mol. The zero-order chi connectivity index (χ0) is 17.6. The number of halogens is 1. The Balaban J connectivity index is 1.77. The van der Waals surface area contributed by atoms with Crippen molar-refractivity contribution in [3.63, 3.8) is 0 Å². The molecule has 7 nitrogen and oxygen atoms in total. The molecule has 0 aliphatic rings. The maximum atomic E-state index is 13.7. The van der Waals surface area contributed by atoms with E-state index in [0.717, 1.165) is 22.5 Å². The minimum Gasteiger partial charge on any atom is -0.366 e. The van der Waals surface area contributed by atoms with Crippen LogP contribution in [0.3, 0.4) is 0 Å². The molecule has 2 heterocycles. The van der Waals surface area contributed by atoms with Crippen molar-refractivity contribution in [2.45, 2.75) is 0 Å². The molecule has 1 amide bonds. The van der Waals surface area contributed by atoms with E-state index in [1.54, 1.807) is 10.9 Å². The van der Waals surface area contributed by atoms with E-state index in [0.29, 0.717) is 5.82 Å². The zero-order valence-corrected chi connectivity index (χ0v) is 13.1. The minimum atomic E-state index is -0.734. The lowest BCUT2D eigenvalue weighted by atomic mass is 10.1. The average Bonchev–Trinajstić information content (AvgIpc) is 3.21. The molecule has 25 heavy (non-hydrogen) atoms. The number of primary amides is 1. The summed E-state index contributed by atoms with van der Waals surface area (Å²) in [5.74, 6) is -0.894. The Hall–Kier alpha value is -3.55. The van der Waals surface area contributed by atoms with Crippen molar-refractivity contribution in [3.05, 3.63) is 54.0 Å². The van der Waals surface area contributed by atoms with Crippen LogP contribution in [-0.2, 0) is 7.05 Å². The van der Waals surface area contributed by atoms with Gasteiger partial charge in [-0.1, -0.05) is 17.3 Å². The van der Waals surface area contributed by atoms with Gasteiger partial charge in [0.05, 0.1) is 11.7 Å². The van der Waals surface area contributed by atoms with Gasteiger partial charge in [0.1, 0.15) is 5.82 Å². The number of benzene rings is 2. The smallest absolute Gasteiger partial charge is 0.258 e. The number of carbonyl (C=O) groups excluding carboxylic acids is 1. The van der Waals surface area contributed by atoms with Gasteiger partial charge in [-0.15, -0.1) is 0 Å². The van der Waals surface area contributed by atoms with Gasteiger partial charge < -0.3 is 10.3 Å². The van der Waals surface area contributed by atoms with Gasteiger partial charge in [-0.05, 0) is 24.3 Å². The standard InChI is InChI=1S/C17H12FN5O2/c1-23-14-7-9(2-3-10(14)8-20-23)16-21-17(25-22-16)12-4-11(15(19)24)5-13(18)6-12/h2-8H,1H3,(H2,19,24). The molecule has 4 rings (SSSR count). The predicted octanol–water partition coefficient (Wildman–Crippen LogP) is 2.53. The number of carbonyl (C=O) groups is 1. The molecule has 2 aromatic heterocycles. The zero-order valence-electron chi connectivity index (χ0n) is 13.1. The second-order valence-corrected chi connectivity index (χ2v) is 5.56. The van der Waals surface area contributed by atoms with Crippen LogP contribution in [-0.4, -0.2) is 25.8 Å². The van der Waals surface area contributed by atoms with Crippen molar-refractivity contribution in [2.24, 2.45) is 12.8 Å². The van der Waals surface area contributed by atoms with Gasteiger partial charge in [0.25, 0.3) is 5.89 Å². The number of amides is 1. The first-order valence-electron chi connectivity index (χ1n) is 7.38. The highest BCUT2D eigenvalue weighted by Crippen LogP contribution is 2.26. The highest BCUT2D eigenvalue weighted by atomic mass is 19.1. The quantitative estimate of drug-likeness (QED) is 0.619. The Bertz CT molecular complexity index is 1120. The summed E-state index contributed by atoms with van der Waals surface area (Å²) in [4.78, 5) is 15.6. The molecule has 2 aromatic carbocycles. The molecule has 2 N–H and O–H groups in total. The number of rotatable bonds is 3. The summed E-state index contributed by atoms with van der Waals surface area (Å²) in [5, 5.41) is 9.11. The topological polar surface area (TPSA) is 99.8 Å². The molecule has 8 heteroatoms. The summed E-state index contributed by atoms with van der Waals surface area (Å²) in [6.07, 6.45) is 1.76. The van der Waals surface area contributed by atoms with E-state index in [1.807, 2.05) is 25.2 Å². The molecule has 0 fully saturated rings. The molecular formula is C17H12FN5O2. The van der Waals surface area contributed by atoms with E-state index < -0.39 is 11.7 Å². The summed E-state index contributed by atoms with van der Waals surface area (Å²) >= 11 is 0. The van der Waals surface area contributed by atoms with Gasteiger partial charge >= 0.3 is 0 Å². The highest BCUT2D eigenvalue weighted by Gasteiger charge is 2.15. The summed E-state index contributed by atoms with van der Waals surface area (Å²) in [6, 6.07) is 9.30. The fourth-order valence-corrected chi connectivity index (χ4v) is 2.60. The second-order valence-electron chi connectivity index (χ2n) is 5.56. The highest BCUT2D eigenvalue weighted by molar-refractivity contribution is 5.94. The number of fused-ring (bicyclic) bond motifs is 1. The number of aromatic nitrogens is 4. The third-order valence-corrected chi connectivity index (χ3v) is 3.86. The van der Waals surface area contributed by atoms with Crippen molar-refractivity contribution in [2.75, 3.05) is 0 Å². The Morgan fingerprint density at radius 1 is 1.20 bits per heavy atom. The predicted molar refractivity (Wildman–Crippen MR) is 87.9 cm³/mol. The second kappa shape index (κ2) is 5.52. The SMILES string of the molecule is Cn1ncc2ccc(-c3noc(-c4cc(F)cc(C(N)=O)c4)n3)cc21. The maximum absolute atomic E-state index is 13.7. The van der Waals surface area contributed by atoms with Crippen LogP contribution < -0.4 is 5.73 Å². The molecule has 0 aliphatic heterocycles. The van der Waals surface area contributed by atoms with Crippen molar-refractivity contribution >= 4 is 16.8 Å². The third kappa shape index (κ3) is 2.63. The lowest BCUT2D eigenvalue weighted by molar-refractivity contribution is 0.1000. The molecule has 0 radical (unpaired) electrons. The van der Waals surface area contributed by atoms with Crippen molar-refractivity contribution in [1.82, 2.24) is 19.9 Å². The van der Waals surface area contributed by atoms with E-state index in [2.05, 4.69) is 15.2 Å². The Labute approximate surface area is 140 Å². The van der Waals surface area contributed by atoms with Gasteiger partial charge in [-0.3, -0.25) is 9.48 Å². The largest absolute Gasteiger partial charge is 0.366 e. The Morgan fingerprint density at radius 3 is 2.84 bits per heavy atom. The van der Waals surface area contributed by atoms with E-state index in [-0.39, 0.29) is 17.0 Å². The molecule has 0 atom stereocenters. The fourth-order valence-electron chi connectivity index (χ4n) is 2.60.